The summed E-state index contributed by atoms with van der Waals surface area (Å²) in [6, 6.07) is 6.63. The number of anilines is 1. The minimum absolute atomic E-state index is 0.0962. The highest BCUT2D eigenvalue weighted by Crippen LogP contribution is 2.32. The van der Waals surface area contributed by atoms with Gasteiger partial charge in [0.1, 0.15) is 23.5 Å². The second-order valence-electron chi connectivity index (χ2n) is 9.84. The minimum Gasteiger partial charge on any atom is -0.410 e. The van der Waals surface area contributed by atoms with Crippen molar-refractivity contribution in [2.75, 3.05) is 25.4 Å². The van der Waals surface area contributed by atoms with Crippen LogP contribution < -0.4 is 15.8 Å². The molecule has 2 amide bonds. The average molecular weight is 584 g/mol. The third kappa shape index (κ3) is 6.20. The highest BCUT2D eigenvalue weighted by molar-refractivity contribution is 6.30. The highest BCUT2D eigenvalue weighted by Gasteiger charge is 2.47. The van der Waals surface area contributed by atoms with E-state index < -0.39 is 36.5 Å². The maximum atomic E-state index is 12.5. The van der Waals surface area contributed by atoms with E-state index in [1.54, 1.807) is 36.1 Å². The van der Waals surface area contributed by atoms with Crippen molar-refractivity contribution in [3.8, 4) is 17.6 Å². The molecule has 1 unspecified atom stereocenters. The molecule has 2 aliphatic heterocycles. The number of nitrogens with two attached hydrogens (primary N) is 1. The van der Waals surface area contributed by atoms with E-state index in [1.165, 1.54) is 10.9 Å². The molecular weight excluding hydrogens is 554 g/mol. The van der Waals surface area contributed by atoms with E-state index in [-0.39, 0.29) is 28.7 Å². The predicted molar refractivity (Wildman–Crippen MR) is 148 cm³/mol. The van der Waals surface area contributed by atoms with Gasteiger partial charge in [-0.05, 0) is 55.9 Å². The van der Waals surface area contributed by atoms with Crippen molar-refractivity contribution < 1.29 is 29.3 Å². The molecule has 0 aliphatic carbocycles. The summed E-state index contributed by atoms with van der Waals surface area (Å²) in [6.45, 7) is 3.20. The summed E-state index contributed by atoms with van der Waals surface area (Å²) in [4.78, 5) is 39.3. The molecule has 2 aromatic heterocycles. The lowest BCUT2D eigenvalue weighted by Crippen LogP contribution is -2.42. The molecule has 0 bridgehead atoms. The van der Waals surface area contributed by atoms with Gasteiger partial charge in [0.2, 0.25) is 5.82 Å². The van der Waals surface area contributed by atoms with Crippen LogP contribution in [-0.2, 0) is 9.53 Å². The van der Waals surface area contributed by atoms with E-state index in [2.05, 4.69) is 32.1 Å². The van der Waals surface area contributed by atoms with E-state index in [9.17, 15) is 19.8 Å². The van der Waals surface area contributed by atoms with Crippen molar-refractivity contribution in [2.24, 2.45) is 5.92 Å². The van der Waals surface area contributed by atoms with Crippen molar-refractivity contribution in [1.82, 2.24) is 29.7 Å². The van der Waals surface area contributed by atoms with Gasteiger partial charge in [0.15, 0.2) is 23.8 Å². The fraction of sp³-hybridized carbons (Fsp3) is 0.444. The lowest BCUT2D eigenvalue weighted by atomic mass is 9.94. The van der Waals surface area contributed by atoms with Crippen LogP contribution in [0.5, 0.6) is 5.75 Å². The number of rotatable bonds is 5. The lowest BCUT2D eigenvalue weighted by molar-refractivity contribution is -0.137. The summed E-state index contributed by atoms with van der Waals surface area (Å²) >= 11 is 5.87. The standard InChI is InChI=1S/C27H30ClN7O6/c1-2-30-25(38)22-20(36)21(37)26(41-22)35-14-31-19-23(29)32-18(33-24(19)35)5-3-4-15-10-12-34(13-11-15)27(39)40-17-8-6-16(28)7-9-17/h6-9,14-15,20-22,26,36-37H,2,4,10-13H2,1H3,(H,30,38)(H2,29,32,33)/t20?,21-,22-,26+/m0/s1. The molecule has 1 aromatic carbocycles. The van der Waals surface area contributed by atoms with Crippen LogP contribution in [-0.4, -0.2) is 84.6 Å². The minimum atomic E-state index is -1.44. The van der Waals surface area contributed by atoms with Gasteiger partial charge in [0.05, 0.1) is 6.33 Å². The van der Waals surface area contributed by atoms with E-state index in [4.69, 9.17) is 26.8 Å². The number of halogens is 1. The number of aromatic nitrogens is 4. The van der Waals surface area contributed by atoms with Gasteiger partial charge in [-0.15, -0.1) is 0 Å². The molecule has 3 aromatic rings. The zero-order valence-corrected chi connectivity index (χ0v) is 23.0. The number of piperidine rings is 1. The van der Waals surface area contributed by atoms with E-state index in [1.807, 2.05) is 0 Å². The normalized spacial score (nSPS) is 22.8. The maximum Gasteiger partial charge on any atom is 0.415 e. The van der Waals surface area contributed by atoms with Gasteiger partial charge < -0.3 is 35.6 Å². The Labute approximate surface area is 240 Å². The summed E-state index contributed by atoms with van der Waals surface area (Å²) in [5.74, 6) is 6.49. The number of nitrogen functional groups attached to an aromatic ring is 1. The molecule has 2 saturated heterocycles. The van der Waals surface area contributed by atoms with E-state index in [0.717, 1.165) is 12.8 Å². The smallest absolute Gasteiger partial charge is 0.410 e. The average Bonchev–Trinajstić information content (AvgIpc) is 3.51. The first-order valence-corrected chi connectivity index (χ1v) is 13.6. The summed E-state index contributed by atoms with van der Waals surface area (Å²) in [5, 5.41) is 24.1. The number of likely N-dealkylation sites (tertiary alicyclic amines) is 1. The summed E-state index contributed by atoms with van der Waals surface area (Å²) in [7, 11) is 0. The number of carbonyl (C=O) groups excluding carboxylic acids is 2. The number of nitrogens with zero attached hydrogens (tertiary/aromatic N) is 5. The van der Waals surface area contributed by atoms with Gasteiger partial charge in [-0.2, -0.15) is 0 Å². The van der Waals surface area contributed by atoms with Crippen molar-refractivity contribution >= 4 is 40.6 Å². The Kier molecular flexibility index (Phi) is 8.55. The lowest BCUT2D eigenvalue weighted by Gasteiger charge is -2.30. The molecule has 2 aliphatic rings. The monoisotopic (exact) mass is 583 g/mol. The summed E-state index contributed by atoms with van der Waals surface area (Å²) < 4.78 is 12.5. The number of benzene rings is 1. The first-order valence-electron chi connectivity index (χ1n) is 13.3. The number of imidazole rings is 1. The van der Waals surface area contributed by atoms with E-state index in [0.29, 0.717) is 36.8 Å². The van der Waals surface area contributed by atoms with Crippen LogP contribution in [0.1, 0.15) is 38.2 Å². The number of aliphatic hydroxyl groups is 2. The molecule has 14 heteroatoms. The summed E-state index contributed by atoms with van der Waals surface area (Å²) in [6.07, 6.45) is -2.13. The second-order valence-corrected chi connectivity index (χ2v) is 10.3. The maximum absolute atomic E-state index is 12.5. The molecular formula is C27H30ClN7O6. The van der Waals surface area contributed by atoms with Gasteiger partial charge >= 0.3 is 6.09 Å². The second kappa shape index (κ2) is 12.3. The number of ether oxygens (including phenoxy) is 2. The molecule has 0 spiro atoms. The number of amides is 2. The summed E-state index contributed by atoms with van der Waals surface area (Å²) in [5.41, 5.74) is 6.63. The first-order chi connectivity index (χ1) is 19.7. The first kappa shape index (κ1) is 28.6. The van der Waals surface area contributed by atoms with Crippen LogP contribution >= 0.6 is 11.6 Å². The van der Waals surface area contributed by atoms with Crippen molar-refractivity contribution in [3.63, 3.8) is 0 Å². The van der Waals surface area contributed by atoms with Crippen LogP contribution in [0.2, 0.25) is 5.02 Å². The zero-order valence-electron chi connectivity index (χ0n) is 22.2. The van der Waals surface area contributed by atoms with Crippen molar-refractivity contribution in [3.05, 3.63) is 41.4 Å². The number of likely N-dealkylation sites (N-methyl/N-ethyl adjacent to an activating group) is 1. The quantitative estimate of drug-likeness (QED) is 0.321. The van der Waals surface area contributed by atoms with Crippen LogP contribution in [0.25, 0.3) is 11.2 Å². The fourth-order valence-corrected chi connectivity index (χ4v) is 4.95. The SMILES string of the molecule is CCNC(=O)[C@H]1O[C@@H](n2cnc3c(N)nc(C#CCC4CCN(C(=O)Oc5ccc(Cl)cc5)CC4)nc32)[C@@H](O)C1O. The largest absolute Gasteiger partial charge is 0.415 e. The van der Waals surface area contributed by atoms with Gasteiger partial charge in [-0.25, -0.2) is 19.7 Å². The van der Waals surface area contributed by atoms with Crippen LogP contribution in [0.3, 0.4) is 0 Å². The molecule has 0 saturated carbocycles. The molecule has 4 atom stereocenters. The number of aliphatic hydroxyl groups excluding tert-OH is 2. The molecule has 0 radical (unpaired) electrons. The van der Waals surface area contributed by atoms with Gasteiger partial charge in [0, 0.05) is 31.1 Å². The third-order valence-electron chi connectivity index (χ3n) is 7.05. The van der Waals surface area contributed by atoms with Crippen LogP contribution in [0.15, 0.2) is 30.6 Å². The Morgan fingerprint density at radius 3 is 2.63 bits per heavy atom. The predicted octanol–water partition coefficient (Wildman–Crippen LogP) is 1.47. The number of hydrogen-bond donors (Lipinski definition) is 4. The Balaban J connectivity index is 1.21. The van der Waals surface area contributed by atoms with Gasteiger partial charge in [-0.3, -0.25) is 9.36 Å². The molecule has 216 valence electrons. The van der Waals surface area contributed by atoms with Gasteiger partial charge in [0.25, 0.3) is 5.91 Å². The third-order valence-corrected chi connectivity index (χ3v) is 7.30. The van der Waals surface area contributed by atoms with Crippen LogP contribution in [0, 0.1) is 17.8 Å². The molecule has 13 nitrogen and oxygen atoms in total. The topological polar surface area (TPSA) is 178 Å². The van der Waals surface area contributed by atoms with Gasteiger partial charge in [-0.1, -0.05) is 17.5 Å². The highest BCUT2D eigenvalue weighted by atomic mass is 35.5. The molecule has 41 heavy (non-hydrogen) atoms. The number of hydrogen-bond acceptors (Lipinski definition) is 10. The molecule has 5 N–H and O–H groups in total. The fourth-order valence-electron chi connectivity index (χ4n) is 4.82. The number of nitrogens with one attached hydrogen (secondary N) is 1. The van der Waals surface area contributed by atoms with Crippen LogP contribution in [0.4, 0.5) is 10.6 Å². The Morgan fingerprint density at radius 2 is 1.93 bits per heavy atom. The number of carbonyl (C=O) groups is 2. The Morgan fingerprint density at radius 1 is 1.20 bits per heavy atom. The molecule has 5 rings (SSSR count). The van der Waals surface area contributed by atoms with E-state index >= 15 is 0 Å². The Hall–Kier alpha value is -3.96. The zero-order chi connectivity index (χ0) is 29.1. The number of fused-ring (bicyclic) bond motifs is 1. The van der Waals surface area contributed by atoms with Crippen molar-refractivity contribution in [2.45, 2.75) is 50.7 Å². The molecule has 4 heterocycles. The Bertz CT molecular complexity index is 1480. The molecule has 2 fully saturated rings. The van der Waals surface area contributed by atoms with Crippen molar-refractivity contribution in [1.29, 1.82) is 0 Å².